The Morgan fingerprint density at radius 3 is 2.62 bits per heavy atom. The van der Waals surface area contributed by atoms with Crippen LogP contribution in [0.15, 0.2) is 33.8 Å². The van der Waals surface area contributed by atoms with Crippen LogP contribution in [-0.2, 0) is 0 Å². The third-order valence-corrected chi connectivity index (χ3v) is 6.61. The highest BCUT2D eigenvalue weighted by atomic mass is 79.9. The molecule has 0 spiro atoms. The van der Waals surface area contributed by atoms with Crippen LogP contribution < -0.4 is 5.43 Å². The monoisotopic (exact) mass is 348 g/mol. The quantitative estimate of drug-likeness (QED) is 0.791. The third kappa shape index (κ3) is 2.15. The van der Waals surface area contributed by atoms with Crippen molar-refractivity contribution < 1.29 is 4.79 Å². The first-order valence-corrected chi connectivity index (χ1v) is 8.27. The second-order valence-corrected chi connectivity index (χ2v) is 7.83. The average molecular weight is 349 g/mol. The number of carbonyl (C=O) groups is 1. The molecule has 21 heavy (non-hydrogen) atoms. The maximum atomic E-state index is 12.2. The molecule has 3 rings (SSSR count). The van der Waals surface area contributed by atoms with Crippen molar-refractivity contribution in [3.63, 3.8) is 0 Å². The number of nitrogens with one attached hydrogen (secondary N) is 1. The zero-order valence-electron chi connectivity index (χ0n) is 12.7. The molecule has 1 amide bonds. The molecule has 0 unspecified atom stereocenters. The van der Waals surface area contributed by atoms with Gasteiger partial charge >= 0.3 is 0 Å². The molecule has 2 aliphatic rings. The molecule has 2 bridgehead atoms. The molecule has 0 aromatic heterocycles. The molecule has 1 aromatic rings. The molecule has 0 saturated heterocycles. The molecule has 1 N–H and O–H groups in total. The van der Waals surface area contributed by atoms with Crippen molar-refractivity contribution in [2.24, 2.45) is 21.8 Å². The van der Waals surface area contributed by atoms with E-state index in [4.69, 9.17) is 0 Å². The van der Waals surface area contributed by atoms with Gasteiger partial charge < -0.3 is 0 Å². The van der Waals surface area contributed by atoms with Crippen LogP contribution in [0.1, 0.15) is 50.4 Å². The number of rotatable bonds is 2. The maximum absolute atomic E-state index is 12.2. The molecule has 2 fully saturated rings. The van der Waals surface area contributed by atoms with Gasteiger partial charge in [-0.25, -0.2) is 5.43 Å². The summed E-state index contributed by atoms with van der Waals surface area (Å²) in [6, 6.07) is 7.41. The van der Waals surface area contributed by atoms with Gasteiger partial charge in [-0.15, -0.1) is 0 Å². The molecule has 0 heterocycles. The van der Waals surface area contributed by atoms with E-state index in [2.05, 4.69) is 47.2 Å². The summed E-state index contributed by atoms with van der Waals surface area (Å²) < 4.78 is 0.794. The van der Waals surface area contributed by atoms with Crippen molar-refractivity contribution >= 4 is 27.5 Å². The Labute approximate surface area is 134 Å². The molecule has 2 aliphatic carbocycles. The zero-order valence-corrected chi connectivity index (χ0v) is 14.3. The first-order chi connectivity index (χ1) is 9.86. The maximum Gasteiger partial charge on any atom is 0.272 e. The summed E-state index contributed by atoms with van der Waals surface area (Å²) in [7, 11) is 0. The third-order valence-electron chi connectivity index (χ3n) is 5.92. The van der Waals surface area contributed by atoms with Crippen molar-refractivity contribution in [2.45, 2.75) is 40.0 Å². The number of carbonyl (C=O) groups excluding carboxylic acids is 1. The van der Waals surface area contributed by atoms with Gasteiger partial charge in [0.2, 0.25) is 0 Å². The van der Waals surface area contributed by atoms with Crippen molar-refractivity contribution in [3.05, 3.63) is 34.3 Å². The topological polar surface area (TPSA) is 41.5 Å². The predicted octanol–water partition coefficient (Wildman–Crippen LogP) is 4.38. The van der Waals surface area contributed by atoms with Crippen LogP contribution in [0.5, 0.6) is 0 Å². The summed E-state index contributed by atoms with van der Waals surface area (Å²) >= 11 is 3.40. The molecule has 1 aromatic carbocycles. The van der Waals surface area contributed by atoms with Crippen molar-refractivity contribution in [1.29, 1.82) is 0 Å². The molecule has 112 valence electrons. The molecule has 0 aliphatic heterocycles. The lowest BCUT2D eigenvalue weighted by atomic mass is 9.70. The Kier molecular flexibility index (Phi) is 3.47. The number of amides is 1. The Balaban J connectivity index is 1.79. The highest BCUT2D eigenvalue weighted by Gasteiger charge is 2.59. The summed E-state index contributed by atoms with van der Waals surface area (Å²) in [5.74, 6) is 0.542. The fourth-order valence-corrected chi connectivity index (χ4v) is 4.39. The smallest absolute Gasteiger partial charge is 0.267 e. The van der Waals surface area contributed by atoms with Crippen molar-refractivity contribution in [2.75, 3.05) is 0 Å². The Hall–Kier alpha value is -1.16. The molecule has 2 atom stereocenters. The molecular formula is C17H21BrN2O. The van der Waals surface area contributed by atoms with E-state index >= 15 is 0 Å². The summed E-state index contributed by atoms with van der Waals surface area (Å²) in [5.41, 5.74) is 4.93. The molecule has 4 heteroatoms. The zero-order chi connectivity index (χ0) is 15.3. The van der Waals surface area contributed by atoms with E-state index in [1.54, 1.807) is 6.07 Å². The summed E-state index contributed by atoms with van der Waals surface area (Å²) in [6.07, 6.45) is 3.47. The van der Waals surface area contributed by atoms with Gasteiger partial charge in [-0.05, 0) is 58.7 Å². The van der Waals surface area contributed by atoms with E-state index in [0.29, 0.717) is 11.5 Å². The summed E-state index contributed by atoms with van der Waals surface area (Å²) in [4.78, 5) is 12.2. The van der Waals surface area contributed by atoms with Gasteiger partial charge in [-0.1, -0.05) is 32.9 Å². The van der Waals surface area contributed by atoms with Gasteiger partial charge in [0.15, 0.2) is 0 Å². The van der Waals surface area contributed by atoms with Gasteiger partial charge in [-0.2, -0.15) is 5.10 Å². The van der Waals surface area contributed by atoms with Crippen molar-refractivity contribution in [3.8, 4) is 0 Å². The minimum Gasteiger partial charge on any atom is -0.267 e. The van der Waals surface area contributed by atoms with Gasteiger partial charge in [0.1, 0.15) is 0 Å². The standard InChI is InChI=1S/C17H21BrN2O/c1-16(2)11-8-9-17(16,3)14(10-11)19-20-15(21)12-6-4-5-7-13(12)18/h4-7,11H,8-10H2,1-3H3,(H,20,21)/b19-14-/t11-,17+/m0/s1. The van der Waals surface area contributed by atoms with E-state index in [9.17, 15) is 4.79 Å². The van der Waals surface area contributed by atoms with Crippen LogP contribution in [0.3, 0.4) is 0 Å². The van der Waals surface area contributed by atoms with Gasteiger partial charge in [-0.3, -0.25) is 4.79 Å². The second-order valence-electron chi connectivity index (χ2n) is 6.97. The first-order valence-electron chi connectivity index (χ1n) is 7.48. The predicted molar refractivity (Wildman–Crippen MR) is 88.3 cm³/mol. The molecule has 2 saturated carbocycles. The van der Waals surface area contributed by atoms with Crippen LogP contribution in [0, 0.1) is 16.7 Å². The van der Waals surface area contributed by atoms with Crippen LogP contribution >= 0.6 is 15.9 Å². The fraction of sp³-hybridized carbons (Fsp3) is 0.529. The molecule has 3 nitrogen and oxygen atoms in total. The number of benzene rings is 1. The van der Waals surface area contributed by atoms with Gasteiger partial charge in [0.05, 0.1) is 5.56 Å². The Morgan fingerprint density at radius 1 is 1.33 bits per heavy atom. The SMILES string of the molecule is CC1(C)[C@H]2CC[C@]1(C)/C(=N\NC(=O)c1ccccc1Br)C2. The largest absolute Gasteiger partial charge is 0.272 e. The number of hydrazone groups is 1. The van der Waals surface area contributed by atoms with E-state index in [-0.39, 0.29) is 16.7 Å². The Morgan fingerprint density at radius 2 is 2.05 bits per heavy atom. The van der Waals surface area contributed by atoms with Crippen LogP contribution in [0.4, 0.5) is 0 Å². The van der Waals surface area contributed by atoms with Gasteiger partial charge in [0.25, 0.3) is 5.91 Å². The number of nitrogens with zero attached hydrogens (tertiary/aromatic N) is 1. The lowest BCUT2D eigenvalue weighted by Crippen LogP contribution is -2.34. The highest BCUT2D eigenvalue weighted by Crippen LogP contribution is 2.63. The summed E-state index contributed by atoms with van der Waals surface area (Å²) in [6.45, 7) is 6.97. The van der Waals surface area contributed by atoms with Gasteiger partial charge in [0, 0.05) is 15.6 Å². The first kappa shape index (κ1) is 14.8. The van der Waals surface area contributed by atoms with E-state index in [1.807, 2.05) is 18.2 Å². The van der Waals surface area contributed by atoms with E-state index in [0.717, 1.165) is 16.6 Å². The Bertz CT molecular complexity index is 623. The minimum absolute atomic E-state index is 0.124. The second kappa shape index (κ2) is 4.94. The molecule has 0 radical (unpaired) electrons. The number of hydrogen-bond acceptors (Lipinski definition) is 2. The van der Waals surface area contributed by atoms with Crippen LogP contribution in [-0.4, -0.2) is 11.6 Å². The normalized spacial score (nSPS) is 31.6. The minimum atomic E-state index is -0.154. The number of halogens is 1. The number of hydrogen-bond donors (Lipinski definition) is 1. The molecular weight excluding hydrogens is 328 g/mol. The lowest BCUT2D eigenvalue weighted by Gasteiger charge is -2.34. The van der Waals surface area contributed by atoms with Crippen LogP contribution in [0.25, 0.3) is 0 Å². The average Bonchev–Trinajstić information content (AvgIpc) is 2.78. The van der Waals surface area contributed by atoms with Crippen LogP contribution in [0.2, 0.25) is 0 Å². The lowest BCUT2D eigenvalue weighted by molar-refractivity contribution is 0.0953. The van der Waals surface area contributed by atoms with E-state index in [1.165, 1.54) is 12.8 Å². The van der Waals surface area contributed by atoms with Crippen molar-refractivity contribution in [1.82, 2.24) is 5.43 Å². The summed E-state index contributed by atoms with van der Waals surface area (Å²) in [5, 5.41) is 4.49. The number of fused-ring (bicyclic) bond motifs is 2. The highest BCUT2D eigenvalue weighted by molar-refractivity contribution is 9.10. The fourth-order valence-electron chi connectivity index (χ4n) is 3.92. The van der Waals surface area contributed by atoms with E-state index < -0.39 is 0 Å².